The Balaban J connectivity index is 1.83. The predicted octanol–water partition coefficient (Wildman–Crippen LogP) is 3.06. The molecule has 0 aromatic heterocycles. The van der Waals surface area contributed by atoms with Gasteiger partial charge in [0.1, 0.15) is 5.75 Å². The van der Waals surface area contributed by atoms with Crippen LogP contribution in [-0.2, 0) is 16.6 Å². The van der Waals surface area contributed by atoms with Gasteiger partial charge in [-0.15, -0.1) is 0 Å². The van der Waals surface area contributed by atoms with Crippen LogP contribution in [0.4, 0.5) is 0 Å². The zero-order valence-corrected chi connectivity index (χ0v) is 17.3. The zero-order chi connectivity index (χ0) is 20.3. The Morgan fingerprint density at radius 2 is 1.75 bits per heavy atom. The van der Waals surface area contributed by atoms with Crippen molar-refractivity contribution in [3.8, 4) is 5.75 Å². The molecule has 2 aromatic carbocycles. The molecule has 1 aliphatic rings. The van der Waals surface area contributed by atoms with Gasteiger partial charge in [-0.05, 0) is 55.2 Å². The van der Waals surface area contributed by atoms with E-state index in [4.69, 9.17) is 4.74 Å². The third-order valence-corrected chi connectivity index (χ3v) is 6.90. The number of nitrogens with zero attached hydrogens (tertiary/aromatic N) is 2. The van der Waals surface area contributed by atoms with E-state index in [1.54, 1.807) is 43.3 Å². The number of ether oxygens (including phenoxy) is 1. The second kappa shape index (κ2) is 8.32. The first-order valence-corrected chi connectivity index (χ1v) is 10.8. The Morgan fingerprint density at radius 1 is 1.11 bits per heavy atom. The summed E-state index contributed by atoms with van der Waals surface area (Å²) in [7, 11) is -0.587. The number of hydrogen-bond acceptors (Lipinski definition) is 4. The number of sulfonamides is 1. The minimum absolute atomic E-state index is 0.0927. The standard InChI is InChI=1S/C21H26N2O4S/c1-16-6-11-19(14-20(16)21(24)23-12-4-5-13-23)28(25,26)22(2)15-17-7-9-18(27-3)10-8-17/h6-11,14H,4-5,12-13,15H2,1-3H3. The van der Waals surface area contributed by atoms with Crippen LogP contribution in [0.1, 0.15) is 34.3 Å². The van der Waals surface area contributed by atoms with Crippen LogP contribution in [0.2, 0.25) is 0 Å². The predicted molar refractivity (Wildman–Crippen MR) is 108 cm³/mol. The second-order valence-electron chi connectivity index (χ2n) is 7.09. The fourth-order valence-corrected chi connectivity index (χ4v) is 4.52. The molecule has 0 saturated carbocycles. The molecule has 1 amide bonds. The van der Waals surface area contributed by atoms with E-state index in [1.165, 1.54) is 10.4 Å². The van der Waals surface area contributed by atoms with Crippen LogP contribution in [-0.4, -0.2) is 50.8 Å². The van der Waals surface area contributed by atoms with Gasteiger partial charge in [-0.3, -0.25) is 4.79 Å². The average molecular weight is 403 g/mol. The highest BCUT2D eigenvalue weighted by Crippen LogP contribution is 2.23. The summed E-state index contributed by atoms with van der Waals surface area (Å²) >= 11 is 0. The smallest absolute Gasteiger partial charge is 0.254 e. The van der Waals surface area contributed by atoms with Gasteiger partial charge < -0.3 is 9.64 Å². The maximum absolute atomic E-state index is 13.0. The monoisotopic (exact) mass is 402 g/mol. The van der Waals surface area contributed by atoms with Crippen molar-refractivity contribution in [3.63, 3.8) is 0 Å². The van der Waals surface area contributed by atoms with Crippen molar-refractivity contribution in [1.82, 2.24) is 9.21 Å². The van der Waals surface area contributed by atoms with Crippen LogP contribution in [0.25, 0.3) is 0 Å². The van der Waals surface area contributed by atoms with E-state index in [9.17, 15) is 13.2 Å². The Morgan fingerprint density at radius 3 is 2.36 bits per heavy atom. The molecule has 2 aromatic rings. The van der Waals surface area contributed by atoms with Crippen molar-refractivity contribution in [2.45, 2.75) is 31.2 Å². The molecule has 28 heavy (non-hydrogen) atoms. The molecule has 0 atom stereocenters. The van der Waals surface area contributed by atoms with Gasteiger partial charge in [0, 0.05) is 32.2 Å². The van der Waals surface area contributed by atoms with Gasteiger partial charge in [0.15, 0.2) is 0 Å². The second-order valence-corrected chi connectivity index (χ2v) is 9.13. The van der Waals surface area contributed by atoms with Gasteiger partial charge in [0.2, 0.25) is 10.0 Å². The average Bonchev–Trinajstić information content (AvgIpc) is 3.23. The summed E-state index contributed by atoms with van der Waals surface area (Å²) in [6, 6.07) is 12.1. The largest absolute Gasteiger partial charge is 0.497 e. The molecule has 0 radical (unpaired) electrons. The van der Waals surface area contributed by atoms with E-state index in [1.807, 2.05) is 19.1 Å². The SMILES string of the molecule is COc1ccc(CN(C)S(=O)(=O)c2ccc(C)c(C(=O)N3CCCC3)c2)cc1. The summed E-state index contributed by atoms with van der Waals surface area (Å²) in [6.07, 6.45) is 1.99. The van der Waals surface area contributed by atoms with Gasteiger partial charge in [0.25, 0.3) is 5.91 Å². The van der Waals surface area contributed by atoms with E-state index >= 15 is 0 Å². The lowest BCUT2D eigenvalue weighted by molar-refractivity contribution is 0.0792. The van der Waals surface area contributed by atoms with E-state index in [0.717, 1.165) is 42.8 Å². The van der Waals surface area contributed by atoms with Crippen molar-refractivity contribution >= 4 is 15.9 Å². The van der Waals surface area contributed by atoms with Crippen LogP contribution in [0, 0.1) is 6.92 Å². The minimum Gasteiger partial charge on any atom is -0.497 e. The first-order valence-electron chi connectivity index (χ1n) is 9.32. The molecule has 0 unspecified atom stereocenters. The lowest BCUT2D eigenvalue weighted by atomic mass is 10.1. The van der Waals surface area contributed by atoms with Crippen LogP contribution >= 0.6 is 0 Å². The van der Waals surface area contributed by atoms with Crippen LogP contribution < -0.4 is 4.74 Å². The van der Waals surface area contributed by atoms with Gasteiger partial charge in [-0.1, -0.05) is 18.2 Å². The van der Waals surface area contributed by atoms with Gasteiger partial charge in [0.05, 0.1) is 12.0 Å². The molecule has 0 spiro atoms. The van der Waals surface area contributed by atoms with Crippen molar-refractivity contribution < 1.29 is 17.9 Å². The minimum atomic E-state index is -3.72. The molecular formula is C21H26N2O4S. The highest BCUT2D eigenvalue weighted by molar-refractivity contribution is 7.89. The Bertz CT molecular complexity index is 949. The fraction of sp³-hybridized carbons (Fsp3) is 0.381. The summed E-state index contributed by atoms with van der Waals surface area (Å²) in [4.78, 5) is 14.7. The summed E-state index contributed by atoms with van der Waals surface area (Å²) in [5.41, 5.74) is 2.10. The summed E-state index contributed by atoms with van der Waals surface area (Å²) in [6.45, 7) is 3.52. The molecule has 0 bridgehead atoms. The number of amides is 1. The maximum atomic E-state index is 13.0. The molecule has 1 fully saturated rings. The molecular weight excluding hydrogens is 376 g/mol. The number of carbonyl (C=O) groups excluding carboxylic acids is 1. The molecule has 3 rings (SSSR count). The molecule has 7 heteroatoms. The van der Waals surface area contributed by atoms with Crippen molar-refractivity contribution in [2.75, 3.05) is 27.2 Å². The lowest BCUT2D eigenvalue weighted by Crippen LogP contribution is -2.29. The molecule has 1 heterocycles. The van der Waals surface area contributed by atoms with Gasteiger partial charge >= 0.3 is 0 Å². The Labute approximate surface area is 166 Å². The van der Waals surface area contributed by atoms with E-state index in [0.29, 0.717) is 5.56 Å². The third-order valence-electron chi connectivity index (χ3n) is 5.11. The maximum Gasteiger partial charge on any atom is 0.254 e. The van der Waals surface area contributed by atoms with Gasteiger partial charge in [-0.25, -0.2) is 8.42 Å². The molecule has 6 nitrogen and oxygen atoms in total. The quantitative estimate of drug-likeness (QED) is 0.745. The lowest BCUT2D eigenvalue weighted by Gasteiger charge is -2.20. The van der Waals surface area contributed by atoms with Gasteiger partial charge in [-0.2, -0.15) is 4.31 Å². The van der Waals surface area contributed by atoms with Crippen molar-refractivity contribution in [3.05, 3.63) is 59.2 Å². The highest BCUT2D eigenvalue weighted by Gasteiger charge is 2.25. The molecule has 150 valence electrons. The van der Waals surface area contributed by atoms with E-state index in [2.05, 4.69) is 0 Å². The van der Waals surface area contributed by atoms with Crippen LogP contribution in [0.5, 0.6) is 5.75 Å². The number of hydrogen-bond donors (Lipinski definition) is 0. The van der Waals surface area contributed by atoms with E-state index in [-0.39, 0.29) is 17.3 Å². The number of benzene rings is 2. The number of rotatable bonds is 6. The Kier molecular flexibility index (Phi) is 6.05. The van der Waals surface area contributed by atoms with Crippen LogP contribution in [0.3, 0.4) is 0 Å². The molecule has 1 aliphatic heterocycles. The summed E-state index contributed by atoms with van der Waals surface area (Å²) < 4.78 is 32.5. The summed E-state index contributed by atoms with van der Waals surface area (Å²) in [5, 5.41) is 0. The topological polar surface area (TPSA) is 66.9 Å². The van der Waals surface area contributed by atoms with Crippen molar-refractivity contribution in [2.24, 2.45) is 0 Å². The first-order chi connectivity index (χ1) is 13.3. The molecule has 1 saturated heterocycles. The highest BCUT2D eigenvalue weighted by atomic mass is 32.2. The van der Waals surface area contributed by atoms with Crippen LogP contribution in [0.15, 0.2) is 47.4 Å². The fourth-order valence-electron chi connectivity index (χ4n) is 3.34. The van der Waals surface area contributed by atoms with E-state index < -0.39 is 10.0 Å². The summed E-state index contributed by atoms with van der Waals surface area (Å²) in [5.74, 6) is 0.628. The Hall–Kier alpha value is -2.38. The number of likely N-dealkylation sites (tertiary alicyclic amines) is 1. The van der Waals surface area contributed by atoms with Crippen molar-refractivity contribution in [1.29, 1.82) is 0 Å². The normalized spacial score (nSPS) is 14.5. The number of aryl methyl sites for hydroxylation is 1. The third kappa shape index (κ3) is 4.20. The number of carbonyl (C=O) groups is 1. The molecule has 0 aliphatic carbocycles. The first kappa shape index (κ1) is 20.4. The molecule has 0 N–H and O–H groups in total. The zero-order valence-electron chi connectivity index (χ0n) is 16.5. The number of methoxy groups -OCH3 is 1.